The van der Waals surface area contributed by atoms with Crippen molar-refractivity contribution in [2.24, 2.45) is 0 Å². The molecule has 4 nitrogen and oxygen atoms in total. The first-order chi connectivity index (χ1) is 13.2. The van der Waals surface area contributed by atoms with Gasteiger partial charge < -0.3 is 14.6 Å². The van der Waals surface area contributed by atoms with Crippen molar-refractivity contribution in [1.29, 1.82) is 0 Å². The number of halogens is 1. The van der Waals surface area contributed by atoms with Crippen LogP contribution in [0.3, 0.4) is 0 Å². The van der Waals surface area contributed by atoms with E-state index >= 15 is 0 Å². The lowest BCUT2D eigenvalue weighted by Crippen LogP contribution is -2.19. The Balaban J connectivity index is 2.06. The van der Waals surface area contributed by atoms with Gasteiger partial charge in [0.15, 0.2) is 5.94 Å². The molecule has 2 rings (SSSR count). The lowest BCUT2D eigenvalue weighted by Gasteiger charge is -2.26. The van der Waals surface area contributed by atoms with Gasteiger partial charge in [-0.25, -0.2) is 0 Å². The predicted molar refractivity (Wildman–Crippen MR) is 113 cm³/mol. The SMILES string of the molecule is CCC(O)COc1ccc(C(C)(C)c2ccc(OC[SH](=O)(F)CC)cc2)cc1. The molecule has 0 aliphatic rings. The topological polar surface area (TPSA) is 55.8 Å². The van der Waals surface area contributed by atoms with E-state index in [-0.39, 0.29) is 23.7 Å². The first kappa shape index (κ1) is 22.4. The Morgan fingerprint density at radius 3 is 1.86 bits per heavy atom. The zero-order valence-corrected chi connectivity index (χ0v) is 17.9. The van der Waals surface area contributed by atoms with Gasteiger partial charge in [0.25, 0.3) is 0 Å². The summed E-state index contributed by atoms with van der Waals surface area (Å²) < 4.78 is 36.0. The Labute approximate surface area is 168 Å². The Bertz CT molecular complexity index is 787. The Hall–Kier alpha value is -1.92. The van der Waals surface area contributed by atoms with Gasteiger partial charge in [-0.15, -0.1) is 0 Å². The maximum Gasteiger partial charge on any atom is 0.165 e. The van der Waals surface area contributed by atoms with Gasteiger partial charge in [-0.3, -0.25) is 4.21 Å². The number of thiol groups is 1. The number of ether oxygens (including phenoxy) is 2. The number of benzene rings is 2. The summed E-state index contributed by atoms with van der Waals surface area (Å²) in [4.78, 5) is 0. The molecule has 0 saturated carbocycles. The smallest absolute Gasteiger partial charge is 0.165 e. The van der Waals surface area contributed by atoms with Crippen LogP contribution in [0.1, 0.15) is 45.2 Å². The molecule has 0 fully saturated rings. The zero-order chi connectivity index (χ0) is 20.8. The maximum absolute atomic E-state index is 13.6. The molecule has 1 N–H and O–H groups in total. The molecule has 2 aromatic carbocycles. The van der Waals surface area contributed by atoms with Crippen LogP contribution in [0.15, 0.2) is 48.5 Å². The first-order valence-corrected chi connectivity index (χ1v) is 11.6. The van der Waals surface area contributed by atoms with Crippen LogP contribution in [0, 0.1) is 0 Å². The number of aliphatic hydroxyl groups is 1. The summed E-state index contributed by atoms with van der Waals surface area (Å²) in [7, 11) is -3.70. The molecule has 28 heavy (non-hydrogen) atoms. The third-order valence-electron chi connectivity index (χ3n) is 4.96. The summed E-state index contributed by atoms with van der Waals surface area (Å²) >= 11 is 0. The van der Waals surface area contributed by atoms with Crippen LogP contribution >= 0.6 is 0 Å². The van der Waals surface area contributed by atoms with E-state index < -0.39 is 16.4 Å². The van der Waals surface area contributed by atoms with Gasteiger partial charge in [0.05, 0.1) is 16.4 Å². The van der Waals surface area contributed by atoms with Crippen molar-refractivity contribution in [2.45, 2.75) is 45.6 Å². The van der Waals surface area contributed by atoms with E-state index in [9.17, 15) is 13.2 Å². The van der Waals surface area contributed by atoms with E-state index in [1.54, 1.807) is 19.1 Å². The van der Waals surface area contributed by atoms with Crippen molar-refractivity contribution in [1.82, 2.24) is 0 Å². The number of aliphatic hydroxyl groups excluding tert-OH is 1. The lowest BCUT2D eigenvalue weighted by molar-refractivity contribution is 0.104. The molecule has 6 heteroatoms. The highest BCUT2D eigenvalue weighted by Crippen LogP contribution is 2.33. The van der Waals surface area contributed by atoms with Crippen molar-refractivity contribution >= 4 is 10.3 Å². The minimum Gasteiger partial charge on any atom is -0.491 e. The lowest BCUT2D eigenvalue weighted by atomic mass is 9.78. The summed E-state index contributed by atoms with van der Waals surface area (Å²) in [5.41, 5.74) is 1.94. The fourth-order valence-electron chi connectivity index (χ4n) is 2.67. The first-order valence-electron chi connectivity index (χ1n) is 9.60. The molecular weight excluding hydrogens is 379 g/mol. The van der Waals surface area contributed by atoms with E-state index in [1.807, 2.05) is 43.3 Å². The third-order valence-corrected chi connectivity index (χ3v) is 6.42. The number of rotatable bonds is 10. The summed E-state index contributed by atoms with van der Waals surface area (Å²) in [6, 6.07) is 15.3. The molecule has 0 bridgehead atoms. The van der Waals surface area contributed by atoms with Gasteiger partial charge >= 0.3 is 0 Å². The van der Waals surface area contributed by atoms with E-state index in [0.29, 0.717) is 12.2 Å². The molecule has 0 spiro atoms. The van der Waals surface area contributed by atoms with E-state index in [2.05, 4.69) is 13.8 Å². The van der Waals surface area contributed by atoms with Gasteiger partial charge in [0.1, 0.15) is 18.1 Å². The normalized spacial score (nSPS) is 13.8. The van der Waals surface area contributed by atoms with E-state index in [4.69, 9.17) is 9.47 Å². The number of hydrogen-bond acceptors (Lipinski definition) is 4. The molecule has 2 aromatic rings. The summed E-state index contributed by atoms with van der Waals surface area (Å²) in [6.07, 6.45) is 0.201. The Morgan fingerprint density at radius 2 is 1.43 bits per heavy atom. The Kier molecular flexibility index (Phi) is 7.61. The van der Waals surface area contributed by atoms with Crippen molar-refractivity contribution in [2.75, 3.05) is 18.3 Å². The zero-order valence-electron chi connectivity index (χ0n) is 17.0. The van der Waals surface area contributed by atoms with Gasteiger partial charge in [-0.05, 0) is 41.8 Å². The average Bonchev–Trinajstić information content (AvgIpc) is 2.71. The Morgan fingerprint density at radius 1 is 0.964 bits per heavy atom. The molecule has 0 heterocycles. The molecule has 0 radical (unpaired) electrons. The standard InChI is InChI=1S/C22H31FO4S/c1-5-19(24)15-26-20-11-7-17(8-12-20)22(3,4)18-9-13-21(14-10-18)27-16-28(23,25)6-2/h7-14,19,24,28H,5-6,15-16H2,1-4H3. The number of hydrogen-bond donors (Lipinski definition) is 2. The van der Waals surface area contributed by atoms with Crippen molar-refractivity contribution in [3.63, 3.8) is 0 Å². The highest BCUT2D eigenvalue weighted by atomic mass is 32.3. The van der Waals surface area contributed by atoms with Crippen LogP contribution in [0.4, 0.5) is 3.89 Å². The van der Waals surface area contributed by atoms with Gasteiger partial charge in [-0.2, -0.15) is 3.89 Å². The fourth-order valence-corrected chi connectivity index (χ4v) is 3.20. The van der Waals surface area contributed by atoms with Gasteiger partial charge in [-0.1, -0.05) is 52.0 Å². The molecule has 1 atom stereocenters. The summed E-state index contributed by atoms with van der Waals surface area (Å²) in [5, 5.41) is 9.60. The molecule has 0 aromatic heterocycles. The average molecular weight is 411 g/mol. The predicted octanol–water partition coefficient (Wildman–Crippen LogP) is 4.42. The van der Waals surface area contributed by atoms with E-state index in [0.717, 1.165) is 16.9 Å². The van der Waals surface area contributed by atoms with Crippen molar-refractivity contribution in [3.05, 3.63) is 59.7 Å². The monoisotopic (exact) mass is 410 g/mol. The molecule has 0 saturated heterocycles. The maximum atomic E-state index is 13.6. The van der Waals surface area contributed by atoms with Gasteiger partial charge in [0, 0.05) is 11.2 Å². The highest BCUT2D eigenvalue weighted by molar-refractivity contribution is 7.98. The van der Waals surface area contributed by atoms with Crippen molar-refractivity contribution in [3.8, 4) is 11.5 Å². The van der Waals surface area contributed by atoms with Crippen LogP contribution in [0.5, 0.6) is 11.5 Å². The van der Waals surface area contributed by atoms with Crippen LogP contribution in [-0.4, -0.2) is 33.7 Å². The molecule has 0 aliphatic heterocycles. The minimum atomic E-state index is -3.70. The van der Waals surface area contributed by atoms with Crippen LogP contribution in [-0.2, 0) is 15.7 Å². The third kappa shape index (κ3) is 6.04. The van der Waals surface area contributed by atoms with E-state index in [1.165, 1.54) is 0 Å². The van der Waals surface area contributed by atoms with Gasteiger partial charge in [0.2, 0.25) is 0 Å². The second kappa shape index (κ2) is 9.52. The second-order valence-corrected chi connectivity index (χ2v) is 9.90. The molecule has 0 amide bonds. The molecule has 0 aliphatic carbocycles. The summed E-state index contributed by atoms with van der Waals surface area (Å²) in [6.45, 7) is 7.98. The molecule has 1 unspecified atom stereocenters. The van der Waals surface area contributed by atoms with Crippen LogP contribution in [0.25, 0.3) is 0 Å². The minimum absolute atomic E-state index is 0.0186. The van der Waals surface area contributed by atoms with Crippen LogP contribution in [0.2, 0.25) is 0 Å². The summed E-state index contributed by atoms with van der Waals surface area (Å²) in [5.74, 6) is 0.821. The molecular formula is C22H31FO4S. The second-order valence-electron chi connectivity index (χ2n) is 7.43. The van der Waals surface area contributed by atoms with Crippen molar-refractivity contribution < 1.29 is 22.7 Å². The van der Waals surface area contributed by atoms with Crippen LogP contribution < -0.4 is 9.47 Å². The molecule has 156 valence electrons. The fraction of sp³-hybridized carbons (Fsp3) is 0.455. The quantitative estimate of drug-likeness (QED) is 0.450. The highest BCUT2D eigenvalue weighted by Gasteiger charge is 2.23. The largest absolute Gasteiger partial charge is 0.491 e.